The standard InChI is InChI=1S/C8H6ClNO2S.C8H6FNO2S.C8H6INO2S.C7H5NO3.C7H5NO2S.4CH4.Ag.FH.HI.Na/c3*9-4-13-8(11)6-3-7-5(10-6)1-2-12-7;9-7(10)5-3-6-4(8-5)1-2-11-6;9-7(11)5-3-6-4(8-5)1-2-10-6;;;;;;;;/h3*1-3,10H,4H2;1-3,8H,(H,9,10);1-3,8H,(H,9,11);4*1H4;;2*1H;/q;;;;;;;;;+1;;;+1/p-2. The van der Waals surface area contributed by atoms with Crippen LogP contribution in [0.2, 0.25) is 0 Å². The summed E-state index contributed by atoms with van der Waals surface area (Å²) in [4.78, 5) is 69.3. The van der Waals surface area contributed by atoms with E-state index in [9.17, 15) is 31.4 Å². The van der Waals surface area contributed by atoms with Gasteiger partial charge in [0.05, 0.1) is 90.6 Å². The van der Waals surface area contributed by atoms with Gasteiger partial charge in [0.15, 0.2) is 27.9 Å². The Hall–Kier alpha value is -3.00. The monoisotopic (exact) mass is 1380 g/mol. The average molecular weight is 1380 g/mol. The van der Waals surface area contributed by atoms with Gasteiger partial charge in [-0.3, -0.25) is 19.2 Å². The van der Waals surface area contributed by atoms with E-state index in [1.807, 2.05) is 0 Å². The Bertz CT molecular complexity index is 2660. The van der Waals surface area contributed by atoms with Crippen molar-refractivity contribution in [3.05, 3.63) is 120 Å². The minimum atomic E-state index is -0.976. The molecular formula is C42H44AgClF2I2N5NaO11S4. The summed E-state index contributed by atoms with van der Waals surface area (Å²) in [5.41, 5.74) is 9.40. The number of hydrogen-bond acceptors (Lipinski definition) is 13. The molecule has 0 radical (unpaired) electrons. The zero-order valence-corrected chi connectivity index (χ0v) is 44.6. The second kappa shape index (κ2) is 34.4. The Balaban J connectivity index is 0. The minimum absolute atomic E-state index is 0. The van der Waals surface area contributed by atoms with E-state index < -0.39 is 12.0 Å². The molecule has 10 rings (SSSR count). The van der Waals surface area contributed by atoms with E-state index in [1.165, 1.54) is 52.0 Å². The van der Waals surface area contributed by atoms with Gasteiger partial charge in [0.2, 0.25) is 20.5 Å². The number of halogens is 5. The Morgan fingerprint density at radius 3 is 1.12 bits per heavy atom. The number of hydrogen-bond donors (Lipinski definition) is 7. The summed E-state index contributed by atoms with van der Waals surface area (Å²) in [6.07, 6.45) is 7.77. The Kier molecular flexibility index (Phi) is 33.9. The van der Waals surface area contributed by atoms with Crippen LogP contribution in [-0.4, -0.2) is 71.4 Å². The van der Waals surface area contributed by atoms with Gasteiger partial charge in [-0.1, -0.05) is 88.5 Å². The number of thioether (sulfide) groups is 3. The van der Waals surface area contributed by atoms with Crippen LogP contribution in [0.15, 0.2) is 114 Å². The normalized spacial score (nSPS) is 9.61. The maximum atomic E-state index is 11.8. The molecule has 0 atom stereocenters. The number of rotatable bonds is 8. The Labute approximate surface area is 482 Å². The number of aromatic nitrogens is 5. The zero-order valence-electron chi connectivity index (χ0n) is 32.7. The van der Waals surface area contributed by atoms with Gasteiger partial charge >= 0.3 is 60.2 Å². The van der Waals surface area contributed by atoms with Crippen molar-refractivity contribution in [3.8, 4) is 0 Å². The molecule has 10 aromatic rings. The third-order valence-corrected chi connectivity index (χ3v) is 11.2. The number of carbonyl (C=O) groups excluding carboxylic acids is 4. The minimum Gasteiger partial charge on any atom is -1.00 e. The first-order valence-corrected chi connectivity index (χ1v) is 23.1. The van der Waals surface area contributed by atoms with Crippen LogP contribution in [0.5, 0.6) is 0 Å². The third kappa shape index (κ3) is 19.2. The number of furan rings is 5. The van der Waals surface area contributed by atoms with Gasteiger partial charge < -0.3 is 76.1 Å². The van der Waals surface area contributed by atoms with Crippen molar-refractivity contribution in [2.24, 2.45) is 0 Å². The second-order valence-corrected chi connectivity index (χ2v) is 17.2. The first kappa shape index (κ1) is 68.1. The van der Waals surface area contributed by atoms with Crippen molar-refractivity contribution in [1.29, 1.82) is 0 Å². The number of carboxylic acid groups (broad SMARTS) is 1. The average Bonchev–Trinajstić information content (AvgIpc) is 4.09. The fraction of sp³-hybridized carbons (Fsp3) is 0.167. The van der Waals surface area contributed by atoms with Crippen molar-refractivity contribution in [1.82, 2.24) is 24.9 Å². The van der Waals surface area contributed by atoms with Crippen molar-refractivity contribution in [2.45, 2.75) is 29.7 Å². The number of thiol groups is 1. The molecule has 69 heavy (non-hydrogen) atoms. The number of aromatic carboxylic acids is 1. The van der Waals surface area contributed by atoms with E-state index in [1.54, 1.807) is 73.4 Å². The van der Waals surface area contributed by atoms with Gasteiger partial charge in [-0.15, -0.1) is 11.6 Å². The predicted molar refractivity (Wildman–Crippen MR) is 272 cm³/mol. The summed E-state index contributed by atoms with van der Waals surface area (Å²) >= 11 is 15.6. The molecule has 0 saturated carbocycles. The molecule has 0 aliphatic rings. The van der Waals surface area contributed by atoms with Gasteiger partial charge in [0.1, 0.15) is 11.7 Å². The molecule has 0 fully saturated rings. The zero-order chi connectivity index (χ0) is 45.5. The molecule has 0 unspecified atom stereocenters. The number of aromatic amines is 5. The van der Waals surface area contributed by atoms with Gasteiger partial charge in [0.25, 0.3) is 0 Å². The Morgan fingerprint density at radius 2 is 0.841 bits per heavy atom. The fourth-order valence-electron chi connectivity index (χ4n) is 5.18. The van der Waals surface area contributed by atoms with E-state index >= 15 is 0 Å². The van der Waals surface area contributed by atoms with Gasteiger partial charge in [0, 0.05) is 60.7 Å². The molecule has 0 aromatic carbocycles. The van der Waals surface area contributed by atoms with E-state index in [0.29, 0.717) is 62.4 Å². The van der Waals surface area contributed by atoms with Crippen molar-refractivity contribution in [3.63, 3.8) is 0 Å². The molecule has 0 bridgehead atoms. The molecule has 0 spiro atoms. The summed E-state index contributed by atoms with van der Waals surface area (Å²) in [7, 11) is 0. The molecule has 10 heterocycles. The molecule has 0 saturated heterocycles. The van der Waals surface area contributed by atoms with E-state index in [0.717, 1.165) is 43.2 Å². The number of alkyl halides is 3. The summed E-state index contributed by atoms with van der Waals surface area (Å²) in [5, 5.41) is 8.19. The topological polar surface area (TPSA) is 250 Å². The molecule has 0 aliphatic heterocycles. The Morgan fingerprint density at radius 1 is 0.565 bits per heavy atom. The van der Waals surface area contributed by atoms with Crippen LogP contribution in [0.25, 0.3) is 55.5 Å². The van der Waals surface area contributed by atoms with Crippen LogP contribution in [0.3, 0.4) is 0 Å². The SMILES string of the molecule is C.C.C.C.O=C(O)c1cc2occc2[nH]1.O=C(S)c1cc2occc2[nH]1.O=C(SCCl)c1cc2occc2[nH]1.O=C(SCF)c1cc2occc2[nH]1.O=C(SCI)c1cc2occc2[nH]1.[F][Ag].[I-].[Na+]. The van der Waals surface area contributed by atoms with Crippen LogP contribution in [-0.2, 0) is 21.6 Å². The van der Waals surface area contributed by atoms with Crippen LogP contribution in [0.4, 0.5) is 7.41 Å². The van der Waals surface area contributed by atoms with E-state index in [-0.39, 0.29) is 115 Å². The van der Waals surface area contributed by atoms with Gasteiger partial charge in [-0.05, 0) is 11.8 Å². The van der Waals surface area contributed by atoms with Crippen LogP contribution < -0.4 is 53.5 Å². The maximum Gasteiger partial charge on any atom is 1.00 e. The molecule has 27 heteroatoms. The maximum absolute atomic E-state index is 11.8. The van der Waals surface area contributed by atoms with Crippen LogP contribution in [0.1, 0.15) is 82.1 Å². The van der Waals surface area contributed by atoms with E-state index in [4.69, 9.17) is 38.8 Å². The number of fused-ring (bicyclic) bond motifs is 5. The number of H-pyrrole nitrogens is 5. The summed E-state index contributed by atoms with van der Waals surface area (Å²) < 4.78 is 47.1. The van der Waals surface area contributed by atoms with Gasteiger partial charge in [-0.25, -0.2) is 9.18 Å². The number of carbonyl (C=O) groups is 5. The van der Waals surface area contributed by atoms with Crippen LogP contribution in [0, 0.1) is 0 Å². The summed E-state index contributed by atoms with van der Waals surface area (Å²) in [5.74, 6) is -0.976. The van der Waals surface area contributed by atoms with Crippen molar-refractivity contribution >= 4 is 164 Å². The largest absolute Gasteiger partial charge is 1.00 e. The molecule has 0 amide bonds. The predicted octanol–water partition coefficient (Wildman–Crippen LogP) is 8.68. The van der Waals surface area contributed by atoms with Crippen LogP contribution >= 0.6 is 82.1 Å². The quantitative estimate of drug-likeness (QED) is 0.0326. The first-order valence-electron chi connectivity index (χ1n) is 17.1. The van der Waals surface area contributed by atoms with Gasteiger partial charge in [-0.2, -0.15) is 0 Å². The summed E-state index contributed by atoms with van der Waals surface area (Å²) in [6, 6.07) is 16.1. The molecule has 374 valence electrons. The smallest absolute Gasteiger partial charge is 1.00 e. The number of carboxylic acids is 1. The molecule has 10 aromatic heterocycles. The molecular weight excluding hydrogens is 1340 g/mol. The van der Waals surface area contributed by atoms with Crippen molar-refractivity contribution in [2.75, 3.05) is 15.0 Å². The number of nitrogens with one attached hydrogen (secondary N) is 5. The molecule has 16 nitrogen and oxygen atoms in total. The molecule has 6 N–H and O–H groups in total. The van der Waals surface area contributed by atoms with E-state index in [2.05, 4.69) is 60.1 Å². The molecule has 0 aliphatic carbocycles. The van der Waals surface area contributed by atoms with Crippen molar-refractivity contribution < 1.29 is 134 Å². The summed E-state index contributed by atoms with van der Waals surface area (Å²) in [6.45, 7) is 0. The fourth-order valence-corrected chi connectivity index (χ4v) is 7.54. The second-order valence-electron chi connectivity index (χ2n) is 11.6. The third-order valence-electron chi connectivity index (χ3n) is 7.88. The first-order chi connectivity index (χ1) is 30.5.